The second kappa shape index (κ2) is 12.9. The van der Waals surface area contributed by atoms with E-state index in [0.29, 0.717) is 24.5 Å². The molecule has 0 saturated carbocycles. The van der Waals surface area contributed by atoms with E-state index in [1.807, 2.05) is 49.1 Å². The SMILES string of the molecule is CC(C)CC(NC(=O)CNC(=O)c1cc(Cl)ccc1Cl)B1OC(=O)[C@@H]2CN(c3ccccc3)C[C@@H](C(=O)O1)N2C. The van der Waals surface area contributed by atoms with E-state index in [4.69, 9.17) is 32.5 Å². The van der Waals surface area contributed by atoms with Crippen molar-refractivity contribution < 1.29 is 28.5 Å². The molecule has 2 saturated heterocycles. The molecule has 40 heavy (non-hydrogen) atoms. The number of nitrogens with zero attached hydrogens (tertiary/aromatic N) is 2. The number of nitrogens with one attached hydrogen (secondary N) is 2. The molecule has 0 radical (unpaired) electrons. The van der Waals surface area contributed by atoms with E-state index < -0.39 is 48.9 Å². The summed E-state index contributed by atoms with van der Waals surface area (Å²) >= 11 is 12.0. The fourth-order valence-corrected chi connectivity index (χ4v) is 5.18. The van der Waals surface area contributed by atoms with Crippen molar-refractivity contribution in [2.45, 2.75) is 38.3 Å². The molecule has 0 spiro atoms. The molecule has 10 nitrogen and oxygen atoms in total. The van der Waals surface area contributed by atoms with Crippen LogP contribution in [0.1, 0.15) is 30.6 Å². The van der Waals surface area contributed by atoms with Crippen LogP contribution in [0.3, 0.4) is 0 Å². The Morgan fingerprint density at radius 3 is 2.25 bits per heavy atom. The summed E-state index contributed by atoms with van der Waals surface area (Å²) in [7, 11) is 0.370. The largest absolute Gasteiger partial charge is 0.622 e. The minimum atomic E-state index is -1.33. The van der Waals surface area contributed by atoms with Crippen LogP contribution >= 0.6 is 23.2 Å². The molecule has 212 valence electrons. The van der Waals surface area contributed by atoms with E-state index in [9.17, 15) is 19.2 Å². The fraction of sp³-hybridized carbons (Fsp3) is 0.407. The molecular formula is C27H31BCl2N4O6. The zero-order valence-corrected chi connectivity index (χ0v) is 23.9. The molecule has 2 fully saturated rings. The van der Waals surface area contributed by atoms with E-state index in [1.165, 1.54) is 12.1 Å². The lowest BCUT2D eigenvalue weighted by molar-refractivity contribution is -0.155. The predicted octanol–water partition coefficient (Wildman–Crippen LogP) is 2.57. The number of hydrogen-bond donors (Lipinski definition) is 2. The lowest BCUT2D eigenvalue weighted by Crippen LogP contribution is -2.67. The smallest absolute Gasteiger partial charge is 0.497 e. The van der Waals surface area contributed by atoms with Crippen LogP contribution in [-0.4, -0.2) is 80.5 Å². The number of piperazine rings is 1. The summed E-state index contributed by atoms with van der Waals surface area (Å²) in [6, 6.07) is 12.5. The first-order chi connectivity index (χ1) is 19.0. The minimum absolute atomic E-state index is 0.0590. The van der Waals surface area contributed by atoms with Gasteiger partial charge in [-0.15, -0.1) is 0 Å². The lowest BCUT2D eigenvalue weighted by Gasteiger charge is -2.45. The predicted molar refractivity (Wildman–Crippen MR) is 152 cm³/mol. The van der Waals surface area contributed by atoms with Gasteiger partial charge in [-0.25, -0.2) is 0 Å². The second-order valence-electron chi connectivity index (χ2n) is 10.3. The van der Waals surface area contributed by atoms with E-state index in [-0.39, 0.29) is 23.0 Å². The number of para-hydroxylation sites is 1. The summed E-state index contributed by atoms with van der Waals surface area (Å²) in [5, 5.41) is 5.78. The summed E-state index contributed by atoms with van der Waals surface area (Å²) in [5.74, 6) is -3.02. The van der Waals surface area contributed by atoms with E-state index in [0.717, 1.165) is 5.69 Å². The number of benzene rings is 2. The van der Waals surface area contributed by atoms with Crippen LogP contribution in [0.2, 0.25) is 10.0 Å². The molecule has 2 N–H and O–H groups in total. The van der Waals surface area contributed by atoms with Crippen molar-refractivity contribution >= 4 is 59.8 Å². The molecule has 0 aliphatic carbocycles. The highest BCUT2D eigenvalue weighted by atomic mass is 35.5. The first-order valence-corrected chi connectivity index (χ1v) is 13.7. The zero-order chi connectivity index (χ0) is 29.0. The minimum Gasteiger partial charge on any atom is -0.497 e. The first-order valence-electron chi connectivity index (χ1n) is 13.0. The first kappa shape index (κ1) is 29.7. The average Bonchev–Trinajstić information content (AvgIpc) is 2.92. The molecule has 4 rings (SSSR count). The summed E-state index contributed by atoms with van der Waals surface area (Å²) in [6.45, 7) is 4.12. The Morgan fingerprint density at radius 2 is 1.65 bits per heavy atom. The Labute approximate surface area is 243 Å². The molecule has 3 atom stereocenters. The van der Waals surface area contributed by atoms with Gasteiger partial charge in [-0.3, -0.25) is 24.1 Å². The Morgan fingerprint density at radius 1 is 1.02 bits per heavy atom. The number of carbonyl (C=O) groups is 4. The molecule has 2 aromatic carbocycles. The molecule has 2 aliphatic heterocycles. The standard InChI is InChI=1S/C27H31BCl2N4O6/c1-16(2)11-23(32-24(35)13-31-25(36)19-12-17(29)9-10-20(19)30)28-39-26(37)21-14-34(18-7-5-4-6-8-18)15-22(33(21)3)27(38)40-28/h4-10,12,16,21-23H,11,13-15H2,1-3H3,(H,31,36)(H,32,35)/t21-,22-,23?/m0/s1. The van der Waals surface area contributed by atoms with Gasteiger partial charge < -0.3 is 24.8 Å². The third-order valence-corrected chi connectivity index (χ3v) is 7.45. The van der Waals surface area contributed by atoms with Crippen molar-refractivity contribution in [2.24, 2.45) is 5.92 Å². The quantitative estimate of drug-likeness (QED) is 0.452. The summed E-state index contributed by atoms with van der Waals surface area (Å²) < 4.78 is 11.4. The van der Waals surface area contributed by atoms with E-state index in [2.05, 4.69) is 10.6 Å². The van der Waals surface area contributed by atoms with Gasteiger partial charge in [-0.05, 0) is 49.7 Å². The van der Waals surface area contributed by atoms with Crippen molar-refractivity contribution in [1.82, 2.24) is 15.5 Å². The Bertz CT molecular complexity index is 1240. The van der Waals surface area contributed by atoms with Crippen LogP contribution in [0.4, 0.5) is 5.69 Å². The van der Waals surface area contributed by atoms with Gasteiger partial charge in [0.2, 0.25) is 5.91 Å². The summed E-state index contributed by atoms with van der Waals surface area (Å²) in [6.07, 6.45) is 0.354. The van der Waals surface area contributed by atoms with Gasteiger partial charge in [-0.2, -0.15) is 0 Å². The van der Waals surface area contributed by atoms with Gasteiger partial charge >= 0.3 is 19.1 Å². The number of carbonyl (C=O) groups excluding carboxylic acids is 4. The maximum absolute atomic E-state index is 13.3. The van der Waals surface area contributed by atoms with Crippen LogP contribution in [0.5, 0.6) is 0 Å². The van der Waals surface area contributed by atoms with Crippen molar-refractivity contribution in [3.63, 3.8) is 0 Å². The number of amides is 2. The van der Waals surface area contributed by atoms with Crippen LogP contribution in [-0.2, 0) is 23.7 Å². The van der Waals surface area contributed by atoms with Gasteiger partial charge in [0.1, 0.15) is 12.1 Å². The molecule has 2 heterocycles. The Kier molecular flexibility index (Phi) is 9.60. The normalized spacial score (nSPS) is 20.2. The summed E-state index contributed by atoms with van der Waals surface area (Å²) in [5.41, 5.74) is 1.01. The second-order valence-corrected chi connectivity index (χ2v) is 11.1. The monoisotopic (exact) mass is 588 g/mol. The Balaban J connectivity index is 1.46. The number of likely N-dealkylation sites (N-methyl/N-ethyl adjacent to an activating group) is 1. The summed E-state index contributed by atoms with van der Waals surface area (Å²) in [4.78, 5) is 55.7. The molecule has 1 unspecified atom stereocenters. The molecule has 2 aromatic rings. The zero-order valence-electron chi connectivity index (χ0n) is 22.4. The topological polar surface area (TPSA) is 117 Å². The molecule has 0 aromatic heterocycles. The van der Waals surface area contributed by atoms with Gasteiger partial charge in [0.25, 0.3) is 5.91 Å². The van der Waals surface area contributed by atoms with Crippen LogP contribution in [0, 0.1) is 5.92 Å². The Hall–Kier alpha value is -3.28. The highest BCUT2D eigenvalue weighted by Crippen LogP contribution is 2.26. The number of hydrogen-bond acceptors (Lipinski definition) is 8. The lowest BCUT2D eigenvalue weighted by atomic mass is 9.73. The number of anilines is 1. The van der Waals surface area contributed by atoms with Crippen molar-refractivity contribution in [1.29, 1.82) is 0 Å². The van der Waals surface area contributed by atoms with Gasteiger partial charge in [0.05, 0.1) is 23.1 Å². The number of fused-ring (bicyclic) bond motifs is 2. The third kappa shape index (κ3) is 7.07. The fourth-order valence-electron chi connectivity index (χ4n) is 4.80. The van der Waals surface area contributed by atoms with Crippen LogP contribution in [0.15, 0.2) is 48.5 Å². The van der Waals surface area contributed by atoms with Crippen LogP contribution in [0.25, 0.3) is 0 Å². The average molecular weight is 589 g/mol. The maximum atomic E-state index is 13.3. The number of rotatable bonds is 8. The third-order valence-electron chi connectivity index (χ3n) is 6.88. The molecule has 2 aliphatic rings. The molecular weight excluding hydrogens is 558 g/mol. The maximum Gasteiger partial charge on any atom is 0.622 e. The van der Waals surface area contributed by atoms with Crippen molar-refractivity contribution in [3.8, 4) is 0 Å². The van der Waals surface area contributed by atoms with Crippen molar-refractivity contribution in [2.75, 3.05) is 31.6 Å². The van der Waals surface area contributed by atoms with E-state index >= 15 is 0 Å². The molecule has 2 amide bonds. The molecule has 13 heteroatoms. The van der Waals surface area contributed by atoms with Gasteiger partial charge in [0, 0.05) is 23.8 Å². The van der Waals surface area contributed by atoms with Crippen molar-refractivity contribution in [3.05, 3.63) is 64.1 Å². The highest BCUT2D eigenvalue weighted by molar-refractivity contribution is 6.51. The van der Waals surface area contributed by atoms with Crippen LogP contribution < -0.4 is 15.5 Å². The highest BCUT2D eigenvalue weighted by Gasteiger charge is 2.49. The van der Waals surface area contributed by atoms with Gasteiger partial charge in [-0.1, -0.05) is 55.2 Å². The number of halogens is 2. The molecule has 2 bridgehead atoms. The van der Waals surface area contributed by atoms with Gasteiger partial charge in [0.15, 0.2) is 0 Å². The van der Waals surface area contributed by atoms with E-state index in [1.54, 1.807) is 18.0 Å².